The second kappa shape index (κ2) is 7.97. The Morgan fingerprint density at radius 2 is 1.90 bits per heavy atom. The fraction of sp³-hybridized carbons (Fsp3) is 0.333. The van der Waals surface area contributed by atoms with Crippen molar-refractivity contribution >= 4 is 11.6 Å². The molecule has 3 aromatic rings. The van der Waals surface area contributed by atoms with Crippen LogP contribution in [-0.4, -0.2) is 21.1 Å². The number of rotatable bonds is 5. The van der Waals surface area contributed by atoms with Crippen LogP contribution in [0.4, 0.5) is 29.2 Å². The maximum absolute atomic E-state index is 15.2. The Morgan fingerprint density at radius 3 is 2.57 bits per heavy atom. The molecule has 1 atom stereocenters. The lowest BCUT2D eigenvalue weighted by Crippen LogP contribution is -2.25. The summed E-state index contributed by atoms with van der Waals surface area (Å²) in [5.74, 6) is -0.308. The third-order valence-corrected chi connectivity index (χ3v) is 5.27. The van der Waals surface area contributed by atoms with Gasteiger partial charge in [-0.15, -0.1) is 0 Å². The van der Waals surface area contributed by atoms with Crippen LogP contribution in [0.25, 0.3) is 0 Å². The number of benzene rings is 1. The van der Waals surface area contributed by atoms with Crippen molar-refractivity contribution in [3.8, 4) is 0 Å². The molecule has 0 spiro atoms. The van der Waals surface area contributed by atoms with Crippen molar-refractivity contribution in [2.75, 3.05) is 16.8 Å². The van der Waals surface area contributed by atoms with Gasteiger partial charge in [0.25, 0.3) is 0 Å². The number of hydrogen-bond donors (Lipinski definition) is 1. The highest BCUT2D eigenvalue weighted by atomic mass is 19.4. The van der Waals surface area contributed by atoms with E-state index in [4.69, 9.17) is 0 Å². The van der Waals surface area contributed by atoms with Crippen LogP contribution in [0.3, 0.4) is 0 Å². The Balaban J connectivity index is 1.55. The van der Waals surface area contributed by atoms with Crippen LogP contribution in [0.1, 0.15) is 35.6 Å². The molecular formula is C21H21F4N5. The molecule has 0 bridgehead atoms. The number of halogens is 4. The molecule has 1 aromatic carbocycles. The Labute approximate surface area is 171 Å². The van der Waals surface area contributed by atoms with Gasteiger partial charge in [-0.3, -0.25) is 0 Å². The average molecular weight is 419 g/mol. The van der Waals surface area contributed by atoms with Gasteiger partial charge in [0.05, 0.1) is 11.6 Å². The SMILES string of the molecule is Cn1ccc(CNc2ncnc(N3CCCC3c3ccc(C(F)(F)F)cc3)c2F)c1. The molecule has 2 aromatic heterocycles. The first-order valence-electron chi connectivity index (χ1n) is 9.62. The molecular weight excluding hydrogens is 398 g/mol. The zero-order valence-electron chi connectivity index (χ0n) is 16.3. The van der Waals surface area contributed by atoms with Crippen molar-refractivity contribution in [2.45, 2.75) is 31.6 Å². The highest BCUT2D eigenvalue weighted by Gasteiger charge is 2.33. The van der Waals surface area contributed by atoms with Gasteiger partial charge in [-0.2, -0.15) is 17.6 Å². The molecule has 1 N–H and O–H groups in total. The van der Waals surface area contributed by atoms with Crippen LogP contribution in [0.2, 0.25) is 0 Å². The van der Waals surface area contributed by atoms with Crippen molar-refractivity contribution < 1.29 is 17.6 Å². The van der Waals surface area contributed by atoms with E-state index < -0.39 is 17.6 Å². The van der Waals surface area contributed by atoms with E-state index in [0.29, 0.717) is 25.1 Å². The molecule has 1 fully saturated rings. The maximum Gasteiger partial charge on any atom is 0.416 e. The maximum atomic E-state index is 15.2. The molecule has 0 radical (unpaired) electrons. The predicted octanol–water partition coefficient (Wildman–Crippen LogP) is 4.93. The van der Waals surface area contributed by atoms with E-state index in [1.165, 1.54) is 18.5 Å². The third-order valence-electron chi connectivity index (χ3n) is 5.27. The molecule has 1 saturated heterocycles. The summed E-state index contributed by atoms with van der Waals surface area (Å²) in [4.78, 5) is 9.94. The van der Waals surface area contributed by atoms with E-state index in [0.717, 1.165) is 24.1 Å². The number of aryl methyl sites for hydroxylation is 1. The first-order valence-corrected chi connectivity index (χ1v) is 9.62. The van der Waals surface area contributed by atoms with Crippen molar-refractivity contribution in [3.05, 3.63) is 71.6 Å². The van der Waals surface area contributed by atoms with Crippen LogP contribution in [0, 0.1) is 5.82 Å². The van der Waals surface area contributed by atoms with Gasteiger partial charge in [0, 0.05) is 32.5 Å². The largest absolute Gasteiger partial charge is 0.416 e. The molecule has 0 amide bonds. The van der Waals surface area contributed by atoms with Gasteiger partial charge >= 0.3 is 6.18 Å². The molecule has 0 saturated carbocycles. The number of nitrogens with one attached hydrogen (secondary N) is 1. The third kappa shape index (κ3) is 4.10. The summed E-state index contributed by atoms with van der Waals surface area (Å²) in [6, 6.07) is 6.73. The predicted molar refractivity (Wildman–Crippen MR) is 105 cm³/mol. The van der Waals surface area contributed by atoms with E-state index >= 15 is 4.39 Å². The number of aromatic nitrogens is 3. The van der Waals surface area contributed by atoms with Crippen molar-refractivity contribution in [1.82, 2.24) is 14.5 Å². The lowest BCUT2D eigenvalue weighted by atomic mass is 10.0. The summed E-state index contributed by atoms with van der Waals surface area (Å²) in [7, 11) is 1.90. The summed E-state index contributed by atoms with van der Waals surface area (Å²) in [6.07, 6.45) is 2.25. The van der Waals surface area contributed by atoms with Crippen LogP contribution in [0.5, 0.6) is 0 Å². The molecule has 1 unspecified atom stereocenters. The average Bonchev–Trinajstić information content (AvgIpc) is 3.36. The fourth-order valence-corrected chi connectivity index (χ4v) is 3.80. The standard InChI is InChI=1S/C21H21F4N5/c1-29-10-8-14(12-29)11-26-19-18(22)20(28-13-27-19)30-9-2-3-17(30)15-4-6-16(7-5-15)21(23,24)25/h4-8,10,12-13,17H,2-3,9,11H2,1H3,(H,26,27,28). The molecule has 9 heteroatoms. The highest BCUT2D eigenvalue weighted by molar-refractivity contribution is 5.53. The van der Waals surface area contributed by atoms with Gasteiger partial charge < -0.3 is 14.8 Å². The first-order chi connectivity index (χ1) is 14.3. The summed E-state index contributed by atoms with van der Waals surface area (Å²) in [5, 5.41) is 2.99. The Morgan fingerprint density at radius 1 is 1.13 bits per heavy atom. The summed E-state index contributed by atoms with van der Waals surface area (Å²) in [5.41, 5.74) is 0.995. The van der Waals surface area contributed by atoms with Crippen LogP contribution in [-0.2, 0) is 19.8 Å². The molecule has 4 rings (SSSR count). The number of alkyl halides is 3. The van der Waals surface area contributed by atoms with E-state index in [9.17, 15) is 13.2 Å². The van der Waals surface area contributed by atoms with Crippen LogP contribution in [0.15, 0.2) is 49.1 Å². The van der Waals surface area contributed by atoms with Crippen molar-refractivity contribution in [1.29, 1.82) is 0 Å². The van der Waals surface area contributed by atoms with E-state index in [1.807, 2.05) is 30.1 Å². The van der Waals surface area contributed by atoms with E-state index in [1.54, 1.807) is 4.90 Å². The van der Waals surface area contributed by atoms with Gasteiger partial charge in [0.2, 0.25) is 5.82 Å². The molecule has 30 heavy (non-hydrogen) atoms. The van der Waals surface area contributed by atoms with Crippen molar-refractivity contribution in [3.63, 3.8) is 0 Å². The number of anilines is 2. The van der Waals surface area contributed by atoms with Gasteiger partial charge in [0.1, 0.15) is 6.33 Å². The van der Waals surface area contributed by atoms with Gasteiger partial charge in [-0.25, -0.2) is 9.97 Å². The van der Waals surface area contributed by atoms with Gasteiger partial charge in [0.15, 0.2) is 11.6 Å². The Kier molecular flexibility index (Phi) is 5.36. The topological polar surface area (TPSA) is 46.0 Å². The second-order valence-corrected chi connectivity index (χ2v) is 7.37. The first kappa shape index (κ1) is 20.2. The fourth-order valence-electron chi connectivity index (χ4n) is 3.80. The minimum atomic E-state index is -4.38. The smallest absolute Gasteiger partial charge is 0.363 e. The lowest BCUT2D eigenvalue weighted by molar-refractivity contribution is -0.137. The summed E-state index contributed by atoms with van der Waals surface area (Å²) < 4.78 is 55.6. The molecule has 3 heterocycles. The van der Waals surface area contributed by atoms with Gasteiger partial charge in [-0.1, -0.05) is 12.1 Å². The molecule has 0 aliphatic carbocycles. The monoisotopic (exact) mass is 419 g/mol. The highest BCUT2D eigenvalue weighted by Crippen LogP contribution is 2.38. The Bertz CT molecular complexity index is 1010. The molecule has 1 aliphatic rings. The normalized spacial score (nSPS) is 16.8. The minimum Gasteiger partial charge on any atom is -0.363 e. The number of hydrogen-bond acceptors (Lipinski definition) is 4. The quantitative estimate of drug-likeness (QED) is 0.596. The molecule has 5 nitrogen and oxygen atoms in total. The summed E-state index contributed by atoms with van der Waals surface area (Å²) in [6.45, 7) is 0.980. The number of nitrogens with zero attached hydrogens (tertiary/aromatic N) is 4. The molecule has 1 aliphatic heterocycles. The summed E-state index contributed by atoms with van der Waals surface area (Å²) >= 11 is 0. The zero-order valence-corrected chi connectivity index (χ0v) is 16.3. The Hall–Kier alpha value is -3.10. The van der Waals surface area contributed by atoms with Crippen LogP contribution >= 0.6 is 0 Å². The van der Waals surface area contributed by atoms with Crippen LogP contribution < -0.4 is 10.2 Å². The van der Waals surface area contributed by atoms with Crippen molar-refractivity contribution in [2.24, 2.45) is 7.05 Å². The van der Waals surface area contributed by atoms with E-state index in [2.05, 4.69) is 15.3 Å². The van der Waals surface area contributed by atoms with Gasteiger partial charge in [-0.05, 0) is 42.2 Å². The lowest BCUT2D eigenvalue weighted by Gasteiger charge is -2.27. The zero-order chi connectivity index (χ0) is 21.3. The minimum absolute atomic E-state index is 0.0990. The second-order valence-electron chi connectivity index (χ2n) is 7.37. The molecule has 158 valence electrons. The van der Waals surface area contributed by atoms with E-state index in [-0.39, 0.29) is 17.7 Å².